The van der Waals surface area contributed by atoms with Gasteiger partial charge in [-0.3, -0.25) is 11.3 Å². The van der Waals surface area contributed by atoms with Gasteiger partial charge in [0.05, 0.1) is 0 Å². The van der Waals surface area contributed by atoms with Crippen LogP contribution in [0.4, 0.5) is 0 Å². The average molecular weight is 280 g/mol. The van der Waals surface area contributed by atoms with Gasteiger partial charge in [-0.1, -0.05) is 32.0 Å². The van der Waals surface area contributed by atoms with Gasteiger partial charge in [0.15, 0.2) is 0 Å². The molecule has 1 aromatic heterocycles. The third-order valence-electron chi connectivity index (χ3n) is 2.89. The Morgan fingerprint density at radius 2 is 2.11 bits per heavy atom. The lowest BCUT2D eigenvalue weighted by Crippen LogP contribution is -2.38. The lowest BCUT2D eigenvalue weighted by Gasteiger charge is -2.16. The predicted molar refractivity (Wildman–Crippen MR) is 84.2 cm³/mol. The monoisotopic (exact) mass is 280 g/mol. The Morgan fingerprint density at radius 1 is 1.33 bits per heavy atom. The van der Waals surface area contributed by atoms with Gasteiger partial charge in [0.25, 0.3) is 0 Å². The summed E-state index contributed by atoms with van der Waals surface area (Å²) in [5.74, 6) is 6.71. The van der Waals surface area contributed by atoms with Crippen molar-refractivity contribution in [2.75, 3.05) is 5.75 Å². The van der Waals surface area contributed by atoms with Gasteiger partial charge in [-0.05, 0) is 34.1 Å². The highest BCUT2D eigenvalue weighted by Gasteiger charge is 2.12. The third kappa shape index (κ3) is 3.48. The maximum absolute atomic E-state index is 5.66. The van der Waals surface area contributed by atoms with E-state index in [1.807, 2.05) is 23.1 Å². The molecule has 2 aromatic rings. The van der Waals surface area contributed by atoms with Crippen LogP contribution >= 0.6 is 23.1 Å². The molecule has 2 rings (SSSR count). The minimum absolute atomic E-state index is 0.343. The second-order valence-corrected chi connectivity index (χ2v) is 7.23. The molecule has 0 aliphatic heterocycles. The van der Waals surface area contributed by atoms with Crippen LogP contribution in [0.15, 0.2) is 29.6 Å². The fourth-order valence-corrected chi connectivity index (χ4v) is 3.74. The Labute approximate surface area is 117 Å². The van der Waals surface area contributed by atoms with E-state index in [-0.39, 0.29) is 0 Å². The van der Waals surface area contributed by atoms with Gasteiger partial charge in [-0.15, -0.1) is 11.3 Å². The summed E-state index contributed by atoms with van der Waals surface area (Å²) < 4.78 is 1.36. The summed E-state index contributed by atoms with van der Waals surface area (Å²) >= 11 is 3.77. The summed E-state index contributed by atoms with van der Waals surface area (Å²) in [7, 11) is 0. The first-order valence-corrected chi connectivity index (χ1v) is 8.16. The number of fused-ring (bicyclic) bond motifs is 1. The fraction of sp³-hybridized carbons (Fsp3) is 0.429. The quantitative estimate of drug-likeness (QED) is 0.629. The highest BCUT2D eigenvalue weighted by Crippen LogP contribution is 2.27. The molecular weight excluding hydrogens is 260 g/mol. The molecule has 0 aliphatic carbocycles. The Hall–Kier alpha value is -0.550. The molecule has 98 valence electrons. The number of hydrogen-bond acceptors (Lipinski definition) is 4. The maximum atomic E-state index is 5.66. The molecule has 0 radical (unpaired) electrons. The number of rotatable bonds is 6. The molecule has 0 amide bonds. The summed E-state index contributed by atoms with van der Waals surface area (Å²) in [4.78, 5) is 0. The number of hydrazine groups is 1. The normalized spacial score (nSPS) is 13.3. The number of thiophene rings is 1. The van der Waals surface area contributed by atoms with E-state index in [4.69, 9.17) is 5.84 Å². The highest BCUT2D eigenvalue weighted by atomic mass is 32.2. The number of hydrogen-bond donors (Lipinski definition) is 2. The van der Waals surface area contributed by atoms with Gasteiger partial charge in [0.1, 0.15) is 0 Å². The zero-order chi connectivity index (χ0) is 13.0. The fourth-order valence-electron chi connectivity index (χ4n) is 1.93. The molecule has 2 nitrogen and oxygen atoms in total. The van der Waals surface area contributed by atoms with E-state index in [1.54, 1.807) is 0 Å². The molecule has 3 N–H and O–H groups in total. The molecule has 4 heteroatoms. The SMILES string of the molecule is CC(C)SCC(Cc1csc2ccccc12)NN. The van der Waals surface area contributed by atoms with Crippen LogP contribution in [0.5, 0.6) is 0 Å². The van der Waals surface area contributed by atoms with Crippen LogP contribution in [0.1, 0.15) is 19.4 Å². The molecule has 0 saturated heterocycles. The van der Waals surface area contributed by atoms with Crippen molar-refractivity contribution in [2.24, 2.45) is 5.84 Å². The van der Waals surface area contributed by atoms with Crippen molar-refractivity contribution in [3.05, 3.63) is 35.2 Å². The zero-order valence-corrected chi connectivity index (χ0v) is 12.5. The molecular formula is C14H20N2S2. The third-order valence-corrected chi connectivity index (χ3v) is 5.17. The van der Waals surface area contributed by atoms with Gasteiger partial charge < -0.3 is 0 Å². The van der Waals surface area contributed by atoms with Crippen LogP contribution in [0.25, 0.3) is 10.1 Å². The van der Waals surface area contributed by atoms with Crippen molar-refractivity contribution in [1.82, 2.24) is 5.43 Å². The molecule has 18 heavy (non-hydrogen) atoms. The van der Waals surface area contributed by atoms with Gasteiger partial charge in [-0.2, -0.15) is 11.8 Å². The number of benzene rings is 1. The van der Waals surface area contributed by atoms with E-state index in [9.17, 15) is 0 Å². The van der Waals surface area contributed by atoms with Crippen molar-refractivity contribution in [3.63, 3.8) is 0 Å². The van der Waals surface area contributed by atoms with Crippen molar-refractivity contribution in [1.29, 1.82) is 0 Å². The summed E-state index contributed by atoms with van der Waals surface area (Å²) in [6, 6.07) is 8.92. The van der Waals surface area contributed by atoms with E-state index >= 15 is 0 Å². The van der Waals surface area contributed by atoms with Crippen LogP contribution in [0, 0.1) is 0 Å². The van der Waals surface area contributed by atoms with E-state index in [1.165, 1.54) is 15.6 Å². The second-order valence-electron chi connectivity index (χ2n) is 4.71. The predicted octanol–water partition coefficient (Wildman–Crippen LogP) is 3.42. The molecule has 0 bridgehead atoms. The van der Waals surface area contributed by atoms with Gasteiger partial charge in [-0.25, -0.2) is 0 Å². The Bertz CT molecular complexity index is 493. The van der Waals surface area contributed by atoms with Gasteiger partial charge >= 0.3 is 0 Å². The molecule has 0 saturated carbocycles. The molecule has 0 fully saturated rings. The Kier molecular flexibility index (Phi) is 5.06. The standard InChI is InChI=1S/C14H20N2S2/c1-10(2)17-9-12(16-15)7-11-8-18-14-6-4-3-5-13(11)14/h3-6,8,10,12,16H,7,9,15H2,1-2H3. The summed E-state index contributed by atoms with van der Waals surface area (Å²) in [6.07, 6.45) is 1.00. The minimum Gasteiger partial charge on any atom is -0.271 e. The van der Waals surface area contributed by atoms with E-state index in [0.717, 1.165) is 12.2 Å². The lowest BCUT2D eigenvalue weighted by molar-refractivity contribution is 0.577. The van der Waals surface area contributed by atoms with Crippen LogP contribution in [0.3, 0.4) is 0 Å². The van der Waals surface area contributed by atoms with E-state index < -0.39 is 0 Å². The number of nitrogens with two attached hydrogens (primary N) is 1. The van der Waals surface area contributed by atoms with Crippen molar-refractivity contribution < 1.29 is 0 Å². The molecule has 1 unspecified atom stereocenters. The van der Waals surface area contributed by atoms with Crippen LogP contribution in [0.2, 0.25) is 0 Å². The van der Waals surface area contributed by atoms with Crippen molar-refractivity contribution in [3.8, 4) is 0 Å². The van der Waals surface area contributed by atoms with Crippen molar-refractivity contribution >= 4 is 33.2 Å². The first-order chi connectivity index (χ1) is 8.70. The summed E-state index contributed by atoms with van der Waals surface area (Å²) in [6.45, 7) is 4.44. The molecule has 0 aliphatic rings. The average Bonchev–Trinajstić information content (AvgIpc) is 2.77. The lowest BCUT2D eigenvalue weighted by atomic mass is 10.1. The maximum Gasteiger partial charge on any atom is 0.0345 e. The van der Waals surface area contributed by atoms with E-state index in [2.05, 4.69) is 48.9 Å². The Balaban J connectivity index is 2.07. The second kappa shape index (κ2) is 6.57. The first-order valence-electron chi connectivity index (χ1n) is 6.23. The first kappa shape index (κ1) is 13.9. The molecule has 1 heterocycles. The number of nitrogens with one attached hydrogen (secondary N) is 1. The van der Waals surface area contributed by atoms with Crippen LogP contribution < -0.4 is 11.3 Å². The molecule has 1 aromatic carbocycles. The molecule has 0 spiro atoms. The summed E-state index contributed by atoms with van der Waals surface area (Å²) in [5.41, 5.74) is 4.35. The van der Waals surface area contributed by atoms with Crippen molar-refractivity contribution in [2.45, 2.75) is 31.6 Å². The van der Waals surface area contributed by atoms with E-state index in [0.29, 0.717) is 11.3 Å². The number of thioether (sulfide) groups is 1. The van der Waals surface area contributed by atoms with Gasteiger partial charge in [0, 0.05) is 16.5 Å². The highest BCUT2D eigenvalue weighted by molar-refractivity contribution is 7.99. The van der Waals surface area contributed by atoms with Crippen LogP contribution in [-0.4, -0.2) is 17.0 Å². The topological polar surface area (TPSA) is 38.0 Å². The smallest absolute Gasteiger partial charge is 0.0345 e. The largest absolute Gasteiger partial charge is 0.271 e. The summed E-state index contributed by atoms with van der Waals surface area (Å²) in [5, 5.41) is 4.28. The van der Waals surface area contributed by atoms with Gasteiger partial charge in [0.2, 0.25) is 0 Å². The van der Waals surface area contributed by atoms with Crippen LogP contribution in [-0.2, 0) is 6.42 Å². The molecule has 1 atom stereocenters. The minimum atomic E-state index is 0.343. The zero-order valence-electron chi connectivity index (χ0n) is 10.8. The Morgan fingerprint density at radius 3 is 2.83 bits per heavy atom.